The van der Waals surface area contributed by atoms with Crippen LogP contribution in [0.2, 0.25) is 0 Å². The quantitative estimate of drug-likeness (QED) is 0.797. The Kier molecular flexibility index (Phi) is 3.93. The summed E-state index contributed by atoms with van der Waals surface area (Å²) in [5.41, 5.74) is 3.73. The number of aliphatic carboxylic acids is 1. The molecule has 0 fully saturated rings. The predicted molar refractivity (Wildman–Crippen MR) is 82.4 cm³/mol. The summed E-state index contributed by atoms with van der Waals surface area (Å²) in [6, 6.07) is 10.5. The number of hydrogen-bond acceptors (Lipinski definition) is 2. The van der Waals surface area contributed by atoms with Gasteiger partial charge in [0.15, 0.2) is 0 Å². The smallest absolute Gasteiger partial charge is 0.303 e. The molecule has 0 aliphatic heterocycles. The first-order valence-electron chi connectivity index (χ1n) is 7.60. The number of unbranched alkanes of at least 4 members (excludes halogenated alkanes) is 1. The maximum absolute atomic E-state index is 10.5. The van der Waals surface area contributed by atoms with Crippen molar-refractivity contribution >= 4 is 16.7 Å². The fourth-order valence-corrected chi connectivity index (χ4v) is 3.33. The van der Waals surface area contributed by atoms with Crippen LogP contribution in [-0.4, -0.2) is 16.2 Å². The Morgan fingerprint density at radius 2 is 1.86 bits per heavy atom. The number of aliphatic hydroxyl groups excluding tert-OH is 1. The first kappa shape index (κ1) is 14.1. The third-order valence-electron chi connectivity index (χ3n) is 4.39. The van der Waals surface area contributed by atoms with E-state index < -0.39 is 12.1 Å². The molecule has 1 aliphatic carbocycles. The average molecular weight is 284 g/mol. The minimum atomic E-state index is -0.769. The van der Waals surface area contributed by atoms with Gasteiger partial charge >= 0.3 is 5.97 Å². The van der Waals surface area contributed by atoms with Gasteiger partial charge < -0.3 is 10.2 Å². The number of hydrogen-bond donors (Lipinski definition) is 2. The molecule has 0 saturated carbocycles. The van der Waals surface area contributed by atoms with E-state index in [9.17, 15) is 9.90 Å². The number of carbonyl (C=O) groups is 1. The van der Waals surface area contributed by atoms with Crippen molar-refractivity contribution in [1.82, 2.24) is 0 Å². The molecule has 3 rings (SSSR count). The highest BCUT2D eigenvalue weighted by molar-refractivity contribution is 5.93. The van der Waals surface area contributed by atoms with E-state index in [1.54, 1.807) is 0 Å². The standard InChI is InChI=1S/C18H20O3/c19-16(6-1-2-7-17(20)21)14-11-10-13-9-8-12-4-3-5-15(14)18(12)13/h3-5,10-11,16,19H,1-2,6-9H2,(H,20,21). The van der Waals surface area contributed by atoms with Crippen LogP contribution in [0.3, 0.4) is 0 Å². The molecule has 1 unspecified atom stereocenters. The Morgan fingerprint density at radius 1 is 1.10 bits per heavy atom. The zero-order valence-electron chi connectivity index (χ0n) is 12.0. The molecule has 3 nitrogen and oxygen atoms in total. The number of rotatable bonds is 6. The second-order valence-corrected chi connectivity index (χ2v) is 5.81. The van der Waals surface area contributed by atoms with Gasteiger partial charge in [0.05, 0.1) is 6.10 Å². The van der Waals surface area contributed by atoms with Gasteiger partial charge in [-0.3, -0.25) is 4.79 Å². The van der Waals surface area contributed by atoms with E-state index in [-0.39, 0.29) is 6.42 Å². The van der Waals surface area contributed by atoms with Crippen LogP contribution >= 0.6 is 0 Å². The lowest BCUT2D eigenvalue weighted by Crippen LogP contribution is -2.00. The number of aliphatic hydroxyl groups is 1. The lowest BCUT2D eigenvalue weighted by Gasteiger charge is -2.15. The minimum absolute atomic E-state index is 0.177. The van der Waals surface area contributed by atoms with Crippen molar-refractivity contribution in [2.24, 2.45) is 0 Å². The number of benzene rings is 2. The second kappa shape index (κ2) is 5.86. The van der Waals surface area contributed by atoms with Gasteiger partial charge in [-0.1, -0.05) is 30.3 Å². The molecule has 0 saturated heterocycles. The highest BCUT2D eigenvalue weighted by Crippen LogP contribution is 2.35. The number of carboxylic acids is 1. The van der Waals surface area contributed by atoms with Crippen LogP contribution in [0.1, 0.15) is 48.5 Å². The van der Waals surface area contributed by atoms with Crippen molar-refractivity contribution in [3.05, 3.63) is 47.0 Å². The van der Waals surface area contributed by atoms with Gasteiger partial charge in [0.2, 0.25) is 0 Å². The largest absolute Gasteiger partial charge is 0.481 e. The summed E-state index contributed by atoms with van der Waals surface area (Å²) in [5, 5.41) is 21.6. The Hall–Kier alpha value is -1.87. The fraction of sp³-hybridized carbons (Fsp3) is 0.389. The van der Waals surface area contributed by atoms with Crippen molar-refractivity contribution in [3.8, 4) is 0 Å². The van der Waals surface area contributed by atoms with Gasteiger partial charge in [-0.25, -0.2) is 0 Å². The fourth-order valence-electron chi connectivity index (χ4n) is 3.33. The van der Waals surface area contributed by atoms with Gasteiger partial charge in [0.25, 0.3) is 0 Å². The predicted octanol–water partition coefficient (Wildman–Crippen LogP) is 3.62. The summed E-state index contributed by atoms with van der Waals surface area (Å²) < 4.78 is 0. The number of aryl methyl sites for hydroxylation is 2. The molecule has 0 radical (unpaired) electrons. The van der Waals surface area contributed by atoms with E-state index in [4.69, 9.17) is 5.11 Å². The second-order valence-electron chi connectivity index (χ2n) is 5.81. The van der Waals surface area contributed by atoms with Gasteiger partial charge in [-0.15, -0.1) is 0 Å². The van der Waals surface area contributed by atoms with Crippen LogP contribution in [0.15, 0.2) is 30.3 Å². The maximum atomic E-state index is 10.5. The highest BCUT2D eigenvalue weighted by atomic mass is 16.4. The SMILES string of the molecule is O=C(O)CCCCC(O)c1ccc2c3c(cccc13)CC2. The first-order valence-corrected chi connectivity index (χ1v) is 7.60. The zero-order valence-corrected chi connectivity index (χ0v) is 12.0. The van der Waals surface area contributed by atoms with E-state index in [0.717, 1.165) is 30.2 Å². The molecule has 2 aromatic rings. The van der Waals surface area contributed by atoms with Gasteiger partial charge in [-0.05, 0) is 59.6 Å². The van der Waals surface area contributed by atoms with Crippen LogP contribution in [0.5, 0.6) is 0 Å². The lowest BCUT2D eigenvalue weighted by molar-refractivity contribution is -0.137. The Labute approximate surface area is 124 Å². The Bertz CT molecular complexity index is 665. The first-order chi connectivity index (χ1) is 10.2. The normalized spacial score (nSPS) is 14.5. The molecular formula is C18H20O3. The average Bonchev–Trinajstić information content (AvgIpc) is 2.89. The van der Waals surface area contributed by atoms with E-state index in [0.29, 0.717) is 12.8 Å². The van der Waals surface area contributed by atoms with E-state index >= 15 is 0 Å². The van der Waals surface area contributed by atoms with Gasteiger partial charge in [0.1, 0.15) is 0 Å². The van der Waals surface area contributed by atoms with Crippen molar-refractivity contribution in [3.63, 3.8) is 0 Å². The van der Waals surface area contributed by atoms with Crippen LogP contribution in [0, 0.1) is 0 Å². The molecular weight excluding hydrogens is 264 g/mol. The Morgan fingerprint density at radius 3 is 2.62 bits per heavy atom. The van der Waals surface area contributed by atoms with Gasteiger partial charge in [0, 0.05) is 6.42 Å². The summed E-state index contributed by atoms with van der Waals surface area (Å²) in [5.74, 6) is -0.769. The lowest BCUT2D eigenvalue weighted by atomic mass is 9.94. The summed E-state index contributed by atoms with van der Waals surface area (Å²) in [6.45, 7) is 0. The molecule has 2 N–H and O–H groups in total. The van der Waals surface area contributed by atoms with E-state index in [1.807, 2.05) is 6.07 Å². The van der Waals surface area contributed by atoms with Crippen LogP contribution in [0.25, 0.3) is 10.8 Å². The zero-order chi connectivity index (χ0) is 14.8. The summed E-state index contributed by atoms with van der Waals surface area (Å²) >= 11 is 0. The number of carboxylic acid groups (broad SMARTS) is 1. The van der Waals surface area contributed by atoms with Crippen LogP contribution in [-0.2, 0) is 17.6 Å². The maximum Gasteiger partial charge on any atom is 0.303 e. The molecule has 2 aromatic carbocycles. The summed E-state index contributed by atoms with van der Waals surface area (Å²) in [7, 11) is 0. The summed E-state index contributed by atoms with van der Waals surface area (Å²) in [4.78, 5) is 10.5. The van der Waals surface area contributed by atoms with Crippen molar-refractivity contribution in [1.29, 1.82) is 0 Å². The molecule has 0 bridgehead atoms. The third-order valence-corrected chi connectivity index (χ3v) is 4.39. The molecule has 0 aromatic heterocycles. The monoisotopic (exact) mass is 284 g/mol. The molecule has 21 heavy (non-hydrogen) atoms. The molecule has 0 amide bonds. The van der Waals surface area contributed by atoms with E-state index in [1.165, 1.54) is 16.5 Å². The molecule has 1 atom stereocenters. The third kappa shape index (κ3) is 2.79. The minimum Gasteiger partial charge on any atom is -0.481 e. The topological polar surface area (TPSA) is 57.5 Å². The highest BCUT2D eigenvalue weighted by Gasteiger charge is 2.18. The molecule has 0 heterocycles. The van der Waals surface area contributed by atoms with Crippen molar-refractivity contribution in [2.45, 2.75) is 44.6 Å². The van der Waals surface area contributed by atoms with Crippen LogP contribution in [0.4, 0.5) is 0 Å². The molecule has 110 valence electrons. The van der Waals surface area contributed by atoms with E-state index in [2.05, 4.69) is 24.3 Å². The summed E-state index contributed by atoms with van der Waals surface area (Å²) in [6.07, 6.45) is 3.81. The van der Waals surface area contributed by atoms with Crippen LogP contribution < -0.4 is 0 Å². The molecule has 1 aliphatic rings. The van der Waals surface area contributed by atoms with Crippen molar-refractivity contribution < 1.29 is 15.0 Å². The van der Waals surface area contributed by atoms with Gasteiger partial charge in [-0.2, -0.15) is 0 Å². The molecule has 3 heteroatoms. The van der Waals surface area contributed by atoms with Crippen molar-refractivity contribution in [2.75, 3.05) is 0 Å². The Balaban J connectivity index is 1.79. The molecule has 0 spiro atoms.